The summed E-state index contributed by atoms with van der Waals surface area (Å²) in [6.45, 7) is 3.80. The van der Waals surface area contributed by atoms with Crippen molar-refractivity contribution in [3.8, 4) is 11.5 Å². The minimum absolute atomic E-state index is 0.0211. The quantitative estimate of drug-likeness (QED) is 0.0745. The molecule has 10 nitrogen and oxygen atoms in total. The summed E-state index contributed by atoms with van der Waals surface area (Å²) < 4.78 is 16.3. The van der Waals surface area contributed by atoms with Crippen molar-refractivity contribution in [3.05, 3.63) is 106 Å². The van der Waals surface area contributed by atoms with Crippen molar-refractivity contribution in [3.63, 3.8) is 0 Å². The molecule has 3 N–H and O–H groups in total. The van der Waals surface area contributed by atoms with Crippen LogP contribution in [-0.4, -0.2) is 49.8 Å². The van der Waals surface area contributed by atoms with Gasteiger partial charge < -0.3 is 30.2 Å². The van der Waals surface area contributed by atoms with Gasteiger partial charge in [-0.3, -0.25) is 14.4 Å². The van der Waals surface area contributed by atoms with Gasteiger partial charge in [-0.1, -0.05) is 36.4 Å². The lowest BCUT2D eigenvalue weighted by Gasteiger charge is -2.15. The summed E-state index contributed by atoms with van der Waals surface area (Å²) in [5.41, 5.74) is 2.79. The lowest BCUT2D eigenvalue weighted by molar-refractivity contribution is -0.115. The number of para-hydroxylation sites is 1. The minimum Gasteiger partial charge on any atom is -0.493 e. The number of benzene rings is 3. The van der Waals surface area contributed by atoms with Crippen molar-refractivity contribution < 1.29 is 33.4 Å². The molecular formula is C38H39N3O7S2. The van der Waals surface area contributed by atoms with E-state index in [1.807, 2.05) is 6.07 Å². The van der Waals surface area contributed by atoms with Crippen molar-refractivity contribution in [2.75, 3.05) is 31.5 Å². The summed E-state index contributed by atoms with van der Waals surface area (Å²) in [6, 6.07) is 20.9. The third-order valence-corrected chi connectivity index (χ3v) is 10.2. The van der Waals surface area contributed by atoms with Crippen LogP contribution in [0.25, 0.3) is 6.08 Å². The number of ether oxygens (including phenoxy) is 3. The molecule has 0 fully saturated rings. The lowest BCUT2D eigenvalue weighted by atomic mass is 9.95. The van der Waals surface area contributed by atoms with Gasteiger partial charge in [0.15, 0.2) is 11.5 Å². The third-order valence-electron chi connectivity index (χ3n) is 7.92. The van der Waals surface area contributed by atoms with E-state index in [0.717, 1.165) is 41.0 Å². The first kappa shape index (κ1) is 36.2. The molecular weight excluding hydrogens is 675 g/mol. The average molecular weight is 714 g/mol. The highest BCUT2D eigenvalue weighted by Gasteiger charge is 2.28. The second-order valence-electron chi connectivity index (χ2n) is 11.3. The Morgan fingerprint density at radius 1 is 0.920 bits per heavy atom. The maximum Gasteiger partial charge on any atom is 0.341 e. The summed E-state index contributed by atoms with van der Waals surface area (Å²) in [7, 11) is 3.01. The molecule has 0 saturated carbocycles. The molecule has 0 aliphatic heterocycles. The lowest BCUT2D eigenvalue weighted by Crippen LogP contribution is -2.30. The molecule has 12 heteroatoms. The number of carbonyl (C=O) groups excluding carboxylic acids is 4. The van der Waals surface area contributed by atoms with Crippen molar-refractivity contribution in [2.45, 2.75) is 49.7 Å². The maximum atomic E-state index is 13.7. The number of fused-ring (bicyclic) bond motifs is 1. The number of hydrogen-bond acceptors (Lipinski definition) is 9. The zero-order valence-electron chi connectivity index (χ0n) is 28.3. The van der Waals surface area contributed by atoms with Crippen LogP contribution in [0.5, 0.6) is 11.5 Å². The molecule has 1 unspecified atom stereocenters. The second-order valence-corrected chi connectivity index (χ2v) is 13.8. The zero-order chi connectivity index (χ0) is 35.6. The molecule has 0 spiro atoms. The van der Waals surface area contributed by atoms with Gasteiger partial charge in [0.1, 0.15) is 10.7 Å². The van der Waals surface area contributed by atoms with E-state index in [9.17, 15) is 19.2 Å². The number of rotatable bonds is 13. The summed E-state index contributed by atoms with van der Waals surface area (Å²) >= 11 is 2.76. The van der Waals surface area contributed by atoms with Crippen LogP contribution in [0.1, 0.15) is 63.4 Å². The molecule has 3 amide bonds. The van der Waals surface area contributed by atoms with Gasteiger partial charge in [0, 0.05) is 26.6 Å². The number of methoxy groups -OCH3 is 2. The highest BCUT2D eigenvalue weighted by atomic mass is 32.2. The number of aryl methyl sites for hydroxylation is 1. The molecule has 1 aliphatic rings. The van der Waals surface area contributed by atoms with Gasteiger partial charge in [0.05, 0.1) is 31.6 Å². The van der Waals surface area contributed by atoms with Crippen molar-refractivity contribution in [1.29, 1.82) is 0 Å². The largest absolute Gasteiger partial charge is 0.493 e. The summed E-state index contributed by atoms with van der Waals surface area (Å²) in [5, 5.41) is 8.58. The van der Waals surface area contributed by atoms with E-state index >= 15 is 0 Å². The van der Waals surface area contributed by atoms with Crippen LogP contribution in [0, 0.1) is 0 Å². The molecule has 1 heterocycles. The molecule has 1 atom stereocenters. The van der Waals surface area contributed by atoms with E-state index in [1.54, 1.807) is 80.6 Å². The molecule has 1 aromatic heterocycles. The van der Waals surface area contributed by atoms with Gasteiger partial charge in [0.2, 0.25) is 5.91 Å². The van der Waals surface area contributed by atoms with E-state index in [1.165, 1.54) is 43.4 Å². The topological polar surface area (TPSA) is 132 Å². The Morgan fingerprint density at radius 2 is 1.68 bits per heavy atom. The number of thioether (sulfide) groups is 1. The predicted molar refractivity (Wildman–Crippen MR) is 197 cm³/mol. The number of esters is 1. The first-order chi connectivity index (χ1) is 24.2. The van der Waals surface area contributed by atoms with Crippen LogP contribution in [0.3, 0.4) is 0 Å². The number of thiophene rings is 1. The number of nitrogens with one attached hydrogen (secondary N) is 3. The van der Waals surface area contributed by atoms with E-state index in [0.29, 0.717) is 38.9 Å². The predicted octanol–water partition coefficient (Wildman–Crippen LogP) is 7.35. The molecule has 5 rings (SSSR count). The highest BCUT2D eigenvalue weighted by molar-refractivity contribution is 8.00. The first-order valence-corrected chi connectivity index (χ1v) is 17.9. The molecule has 0 saturated heterocycles. The molecule has 4 aromatic rings. The Morgan fingerprint density at radius 3 is 2.42 bits per heavy atom. The summed E-state index contributed by atoms with van der Waals surface area (Å²) in [6.07, 6.45) is 5.24. The summed E-state index contributed by atoms with van der Waals surface area (Å²) in [5.74, 6) is -0.833. The maximum absolute atomic E-state index is 13.7. The third kappa shape index (κ3) is 8.74. The van der Waals surface area contributed by atoms with E-state index in [2.05, 4.69) is 16.0 Å². The normalized spacial score (nSPS) is 13.0. The van der Waals surface area contributed by atoms with E-state index < -0.39 is 23.0 Å². The zero-order valence-corrected chi connectivity index (χ0v) is 29.9. The van der Waals surface area contributed by atoms with Crippen LogP contribution in [0.4, 0.5) is 10.7 Å². The smallest absolute Gasteiger partial charge is 0.341 e. The summed E-state index contributed by atoms with van der Waals surface area (Å²) in [4.78, 5) is 55.0. The van der Waals surface area contributed by atoms with Gasteiger partial charge in [-0.05, 0) is 87.6 Å². The Bertz CT molecular complexity index is 1910. The van der Waals surface area contributed by atoms with Gasteiger partial charge in [-0.15, -0.1) is 23.1 Å². The van der Waals surface area contributed by atoms with Crippen LogP contribution in [-0.2, 0) is 27.2 Å². The molecule has 260 valence electrons. The molecule has 3 aromatic carbocycles. The van der Waals surface area contributed by atoms with Crippen molar-refractivity contribution >= 4 is 63.6 Å². The van der Waals surface area contributed by atoms with E-state index in [4.69, 9.17) is 14.2 Å². The Labute approximate surface area is 299 Å². The SMILES string of the molecule is CCOC(=O)c1c(NC(=O)C(C)Sc2cccc(NC(=O)/C(=C\c3cccc(OC)c3OC)NC(=O)c3ccccc3)c2)sc2c1CCCC2. The van der Waals surface area contributed by atoms with Gasteiger partial charge in [0.25, 0.3) is 11.8 Å². The number of carbonyl (C=O) groups is 4. The second kappa shape index (κ2) is 17.0. The molecule has 0 radical (unpaired) electrons. The van der Waals surface area contributed by atoms with Gasteiger partial charge in [-0.25, -0.2) is 4.79 Å². The number of amides is 3. The van der Waals surface area contributed by atoms with Crippen LogP contribution in [0.2, 0.25) is 0 Å². The van der Waals surface area contributed by atoms with Gasteiger partial charge >= 0.3 is 5.97 Å². The fourth-order valence-electron chi connectivity index (χ4n) is 5.51. The van der Waals surface area contributed by atoms with Gasteiger partial charge in [-0.2, -0.15) is 0 Å². The average Bonchev–Trinajstić information content (AvgIpc) is 3.49. The van der Waals surface area contributed by atoms with Crippen LogP contribution in [0.15, 0.2) is 83.4 Å². The number of hydrogen-bond donors (Lipinski definition) is 3. The standard InChI is InChI=1S/C38H39N3O7S2/c1-5-48-38(45)32-28-18-9-10-20-31(28)50-37(32)41-34(42)23(2)49-27-17-12-16-26(22-27)39-36(44)29(40-35(43)24-13-7-6-8-14-24)21-25-15-11-19-30(46-3)33(25)47-4/h6-8,11-17,19,21-23H,5,9-10,18,20H2,1-4H3,(H,39,44)(H,40,43)(H,41,42)/b29-21+. The Balaban J connectivity index is 1.33. The van der Waals surface area contributed by atoms with Crippen molar-refractivity contribution in [2.24, 2.45) is 0 Å². The first-order valence-electron chi connectivity index (χ1n) is 16.2. The Kier molecular flexibility index (Phi) is 12.3. The fourth-order valence-corrected chi connectivity index (χ4v) is 7.72. The Hall–Kier alpha value is -5.07. The van der Waals surface area contributed by atoms with Crippen LogP contribution >= 0.6 is 23.1 Å². The monoisotopic (exact) mass is 713 g/mol. The highest BCUT2D eigenvalue weighted by Crippen LogP contribution is 2.39. The minimum atomic E-state index is -0.569. The molecule has 0 bridgehead atoms. The van der Waals surface area contributed by atoms with E-state index in [-0.39, 0.29) is 18.2 Å². The van der Waals surface area contributed by atoms with Crippen LogP contribution < -0.4 is 25.4 Å². The molecule has 1 aliphatic carbocycles. The number of anilines is 2. The molecule has 50 heavy (non-hydrogen) atoms. The van der Waals surface area contributed by atoms with Crippen molar-refractivity contribution in [1.82, 2.24) is 5.32 Å². The fraction of sp³-hybridized carbons (Fsp3) is 0.263.